The highest BCUT2D eigenvalue weighted by molar-refractivity contribution is 7.91. The Morgan fingerprint density at radius 1 is 1.37 bits per heavy atom. The van der Waals surface area contributed by atoms with Gasteiger partial charge in [-0.15, -0.1) is 11.3 Å². The van der Waals surface area contributed by atoms with E-state index in [0.29, 0.717) is 6.42 Å². The van der Waals surface area contributed by atoms with Crippen LogP contribution in [0.5, 0.6) is 0 Å². The fourth-order valence-electron chi connectivity index (χ4n) is 3.05. The van der Waals surface area contributed by atoms with Crippen molar-refractivity contribution in [3.63, 3.8) is 0 Å². The van der Waals surface area contributed by atoms with Gasteiger partial charge in [-0.2, -0.15) is 0 Å². The zero-order valence-electron chi connectivity index (χ0n) is 11.7. The number of aryl methyl sites for hydroxylation is 2. The third-order valence-electron chi connectivity index (χ3n) is 4.12. The summed E-state index contributed by atoms with van der Waals surface area (Å²) >= 11 is 1.69. The number of rotatable bonds is 3. The van der Waals surface area contributed by atoms with Gasteiger partial charge < -0.3 is 5.11 Å². The van der Waals surface area contributed by atoms with Crippen LogP contribution in [-0.2, 0) is 9.84 Å². The van der Waals surface area contributed by atoms with Crippen LogP contribution in [0.4, 0.5) is 0 Å². The van der Waals surface area contributed by atoms with E-state index in [4.69, 9.17) is 0 Å². The number of hydrogen-bond donors (Lipinski definition) is 1. The van der Waals surface area contributed by atoms with Gasteiger partial charge in [-0.05, 0) is 50.7 Å². The maximum Gasteiger partial charge on any atom is 0.150 e. The Hall–Kier alpha value is -0.390. The molecule has 1 aromatic heterocycles. The van der Waals surface area contributed by atoms with Crippen LogP contribution >= 0.6 is 11.3 Å². The molecule has 1 N–H and O–H groups in total. The van der Waals surface area contributed by atoms with Crippen LogP contribution < -0.4 is 0 Å². The molecule has 1 aliphatic rings. The summed E-state index contributed by atoms with van der Waals surface area (Å²) in [6.07, 6.45) is 3.93. The van der Waals surface area contributed by atoms with Crippen molar-refractivity contribution in [3.8, 4) is 0 Å². The van der Waals surface area contributed by atoms with Gasteiger partial charge >= 0.3 is 0 Å². The fraction of sp³-hybridized carbons (Fsp3) is 0.714. The second kappa shape index (κ2) is 5.54. The van der Waals surface area contributed by atoms with Gasteiger partial charge in [0.15, 0.2) is 0 Å². The minimum Gasteiger partial charge on any atom is -0.388 e. The van der Waals surface area contributed by atoms with Crippen molar-refractivity contribution in [2.24, 2.45) is 5.92 Å². The van der Waals surface area contributed by atoms with Crippen LogP contribution in [0.1, 0.15) is 47.1 Å². The third kappa shape index (κ3) is 3.38. The van der Waals surface area contributed by atoms with Gasteiger partial charge in [0, 0.05) is 16.0 Å². The van der Waals surface area contributed by atoms with E-state index in [1.807, 2.05) is 19.9 Å². The zero-order chi connectivity index (χ0) is 14.2. The molecule has 1 aromatic rings. The summed E-state index contributed by atoms with van der Waals surface area (Å²) in [6, 6.07) is 2.04. The number of hydrogen-bond acceptors (Lipinski definition) is 4. The molecule has 3 unspecified atom stereocenters. The SMILES string of the molecule is Cc1cc(C(O)C2CCCC(S(C)(=O)=O)C2)c(C)s1. The Labute approximate surface area is 119 Å². The molecular weight excluding hydrogens is 280 g/mol. The molecule has 108 valence electrons. The minimum absolute atomic E-state index is 0.0705. The van der Waals surface area contributed by atoms with Gasteiger partial charge in [0.05, 0.1) is 11.4 Å². The van der Waals surface area contributed by atoms with Crippen LogP contribution in [0.15, 0.2) is 6.07 Å². The van der Waals surface area contributed by atoms with E-state index in [9.17, 15) is 13.5 Å². The summed E-state index contributed by atoms with van der Waals surface area (Å²) in [5.74, 6) is 0.0705. The number of thiophene rings is 1. The van der Waals surface area contributed by atoms with E-state index in [0.717, 1.165) is 29.7 Å². The van der Waals surface area contributed by atoms with Crippen LogP contribution in [-0.4, -0.2) is 25.0 Å². The lowest BCUT2D eigenvalue weighted by molar-refractivity contribution is 0.0856. The van der Waals surface area contributed by atoms with E-state index in [-0.39, 0.29) is 11.2 Å². The summed E-state index contributed by atoms with van der Waals surface area (Å²) in [6.45, 7) is 4.06. The molecule has 3 atom stereocenters. The predicted molar refractivity (Wildman–Crippen MR) is 79.3 cm³/mol. The van der Waals surface area contributed by atoms with E-state index in [1.54, 1.807) is 11.3 Å². The molecule has 1 saturated carbocycles. The van der Waals surface area contributed by atoms with Gasteiger partial charge in [0.2, 0.25) is 0 Å². The maximum atomic E-state index is 11.7. The first-order valence-electron chi connectivity index (χ1n) is 6.73. The average Bonchev–Trinajstić information content (AvgIpc) is 2.66. The van der Waals surface area contributed by atoms with Crippen molar-refractivity contribution in [1.82, 2.24) is 0 Å². The summed E-state index contributed by atoms with van der Waals surface area (Å²) in [4.78, 5) is 2.34. The minimum atomic E-state index is -2.99. The second-order valence-corrected chi connectivity index (χ2v) is 9.48. The van der Waals surface area contributed by atoms with Crippen molar-refractivity contribution >= 4 is 21.2 Å². The monoisotopic (exact) mass is 302 g/mol. The topological polar surface area (TPSA) is 54.4 Å². The molecule has 3 nitrogen and oxygen atoms in total. The molecule has 5 heteroatoms. The lowest BCUT2D eigenvalue weighted by Gasteiger charge is -2.31. The van der Waals surface area contributed by atoms with Gasteiger partial charge in [-0.1, -0.05) is 6.42 Å². The van der Waals surface area contributed by atoms with Gasteiger partial charge in [0.1, 0.15) is 9.84 Å². The molecule has 0 bridgehead atoms. The third-order valence-corrected chi connectivity index (χ3v) is 6.74. The highest BCUT2D eigenvalue weighted by Crippen LogP contribution is 2.39. The Morgan fingerprint density at radius 3 is 2.58 bits per heavy atom. The van der Waals surface area contributed by atoms with Crippen LogP contribution in [0.25, 0.3) is 0 Å². The Morgan fingerprint density at radius 2 is 2.05 bits per heavy atom. The highest BCUT2D eigenvalue weighted by Gasteiger charge is 2.33. The molecule has 1 fully saturated rings. The summed E-state index contributed by atoms with van der Waals surface area (Å²) in [7, 11) is -2.99. The number of aliphatic hydroxyl groups excluding tert-OH is 1. The molecule has 0 spiro atoms. The van der Waals surface area contributed by atoms with Crippen LogP contribution in [0.2, 0.25) is 0 Å². The molecule has 1 aliphatic carbocycles. The summed E-state index contributed by atoms with van der Waals surface area (Å²) in [5.41, 5.74) is 0.988. The second-order valence-electron chi connectivity index (χ2n) is 5.69. The van der Waals surface area contributed by atoms with E-state index >= 15 is 0 Å². The molecule has 0 radical (unpaired) electrons. The van der Waals surface area contributed by atoms with E-state index in [1.165, 1.54) is 11.1 Å². The van der Waals surface area contributed by atoms with Crippen LogP contribution in [0.3, 0.4) is 0 Å². The lowest BCUT2D eigenvalue weighted by atomic mass is 9.82. The van der Waals surface area contributed by atoms with Gasteiger partial charge in [-0.25, -0.2) is 8.42 Å². The average molecular weight is 302 g/mol. The standard InChI is InChI=1S/C14H22O3S2/c1-9-7-13(10(2)18-9)14(15)11-5-4-6-12(8-11)19(3,16)17/h7,11-12,14-15H,4-6,8H2,1-3H3. The van der Waals surface area contributed by atoms with Crippen molar-refractivity contribution < 1.29 is 13.5 Å². The summed E-state index contributed by atoms with van der Waals surface area (Å²) < 4.78 is 23.4. The first kappa shape index (κ1) is 15.0. The maximum absolute atomic E-state index is 11.7. The van der Waals surface area contributed by atoms with E-state index in [2.05, 4.69) is 0 Å². The highest BCUT2D eigenvalue weighted by atomic mass is 32.2. The number of aliphatic hydroxyl groups is 1. The molecule has 2 rings (SSSR count). The fourth-order valence-corrected chi connectivity index (χ4v) is 5.21. The van der Waals surface area contributed by atoms with Crippen molar-refractivity contribution in [2.75, 3.05) is 6.26 Å². The Balaban J connectivity index is 2.15. The van der Waals surface area contributed by atoms with Gasteiger partial charge in [0.25, 0.3) is 0 Å². The quantitative estimate of drug-likeness (QED) is 0.934. The van der Waals surface area contributed by atoms with Gasteiger partial charge in [-0.3, -0.25) is 0 Å². The smallest absolute Gasteiger partial charge is 0.150 e. The first-order valence-corrected chi connectivity index (χ1v) is 9.50. The predicted octanol–water partition coefficient (Wildman–Crippen LogP) is 3.00. The van der Waals surface area contributed by atoms with Crippen molar-refractivity contribution in [3.05, 3.63) is 21.4 Å². The molecular formula is C14H22O3S2. The molecule has 0 aromatic carbocycles. The molecule has 0 saturated heterocycles. The largest absolute Gasteiger partial charge is 0.388 e. The molecule has 1 heterocycles. The zero-order valence-corrected chi connectivity index (χ0v) is 13.4. The molecule has 0 aliphatic heterocycles. The first-order chi connectivity index (χ1) is 8.79. The normalized spacial score (nSPS) is 26.3. The lowest BCUT2D eigenvalue weighted by Crippen LogP contribution is -2.30. The summed E-state index contributed by atoms with van der Waals surface area (Å²) in [5, 5.41) is 10.3. The number of sulfone groups is 1. The van der Waals surface area contributed by atoms with Crippen LogP contribution in [0, 0.1) is 19.8 Å². The molecule has 0 amide bonds. The Bertz CT molecular complexity index is 545. The Kier molecular flexibility index (Phi) is 4.38. The molecule has 19 heavy (non-hydrogen) atoms. The van der Waals surface area contributed by atoms with Crippen molar-refractivity contribution in [1.29, 1.82) is 0 Å². The van der Waals surface area contributed by atoms with E-state index < -0.39 is 15.9 Å². The van der Waals surface area contributed by atoms with Crippen molar-refractivity contribution in [2.45, 2.75) is 50.9 Å².